The molecule has 4 N–H and O–H groups in total. The molecule has 3 rings (SSSR count). The van der Waals surface area contributed by atoms with E-state index in [4.69, 9.17) is 0 Å². The normalized spacial score (nSPS) is 22.6. The molecule has 25 heavy (non-hydrogen) atoms. The van der Waals surface area contributed by atoms with Gasteiger partial charge in [-0.25, -0.2) is 4.98 Å². The highest BCUT2D eigenvalue weighted by molar-refractivity contribution is 9.10. The van der Waals surface area contributed by atoms with Crippen LogP contribution < -0.4 is 21.5 Å². The minimum absolute atomic E-state index is 0.179. The highest BCUT2D eigenvalue weighted by Crippen LogP contribution is 2.19. The summed E-state index contributed by atoms with van der Waals surface area (Å²) in [6, 6.07) is 11.7. The highest BCUT2D eigenvalue weighted by atomic mass is 79.9. The van der Waals surface area contributed by atoms with Gasteiger partial charge in [0.2, 0.25) is 0 Å². The van der Waals surface area contributed by atoms with Crippen LogP contribution in [0.3, 0.4) is 0 Å². The molecule has 0 saturated carbocycles. The molecule has 0 spiro atoms. The Labute approximate surface area is 155 Å². The van der Waals surface area contributed by atoms with Gasteiger partial charge in [-0.1, -0.05) is 15.9 Å². The van der Waals surface area contributed by atoms with Crippen LogP contribution in [0.1, 0.15) is 24.2 Å². The number of halogens is 1. The topological polar surface area (TPSA) is 78.1 Å². The number of anilines is 2. The second kappa shape index (κ2) is 7.95. The van der Waals surface area contributed by atoms with E-state index in [2.05, 4.69) is 56.2 Å². The van der Waals surface area contributed by atoms with Crippen molar-refractivity contribution in [1.29, 1.82) is 0 Å². The first-order valence-corrected chi connectivity index (χ1v) is 9.11. The molecule has 2 unspecified atom stereocenters. The van der Waals surface area contributed by atoms with Crippen molar-refractivity contribution < 1.29 is 4.79 Å². The van der Waals surface area contributed by atoms with E-state index in [1.807, 2.05) is 24.3 Å². The molecule has 0 bridgehead atoms. The van der Waals surface area contributed by atoms with E-state index in [1.165, 1.54) is 0 Å². The number of amides is 1. The number of carbonyl (C=O) groups excluding carboxylic acids is 1. The van der Waals surface area contributed by atoms with E-state index in [1.54, 1.807) is 18.3 Å². The number of hydrogen-bond acceptors (Lipinski definition) is 5. The Kier molecular flexibility index (Phi) is 5.67. The molecule has 132 valence electrons. The summed E-state index contributed by atoms with van der Waals surface area (Å²) in [6.45, 7) is 5.02. The lowest BCUT2D eigenvalue weighted by Crippen LogP contribution is -2.30. The van der Waals surface area contributed by atoms with Crippen LogP contribution >= 0.6 is 15.9 Å². The molecule has 1 saturated heterocycles. The number of nitrogens with one attached hydrogen (secondary N) is 4. The molecule has 6 nitrogen and oxygen atoms in total. The van der Waals surface area contributed by atoms with Crippen molar-refractivity contribution in [3.63, 3.8) is 0 Å². The molecule has 7 heteroatoms. The molecule has 1 aliphatic heterocycles. The molecule has 1 fully saturated rings. The van der Waals surface area contributed by atoms with Gasteiger partial charge < -0.3 is 10.6 Å². The molecule has 1 aromatic carbocycles. The third-order valence-corrected chi connectivity index (χ3v) is 5.01. The van der Waals surface area contributed by atoms with Crippen molar-refractivity contribution in [2.75, 3.05) is 17.2 Å². The zero-order valence-corrected chi connectivity index (χ0v) is 15.8. The molecular formula is C18H22BrN5O. The number of rotatable bonds is 5. The Bertz CT molecular complexity index is 727. The predicted molar refractivity (Wildman–Crippen MR) is 104 cm³/mol. The summed E-state index contributed by atoms with van der Waals surface area (Å²) in [5, 5.41) is 6.24. The minimum Gasteiger partial charge on any atom is -0.369 e. The van der Waals surface area contributed by atoms with Crippen LogP contribution in [0.15, 0.2) is 47.1 Å². The summed E-state index contributed by atoms with van der Waals surface area (Å²) in [4.78, 5) is 17.0. The van der Waals surface area contributed by atoms with Crippen LogP contribution in [-0.2, 0) is 0 Å². The molecular weight excluding hydrogens is 382 g/mol. The maximum Gasteiger partial charge on any atom is 0.259 e. The van der Waals surface area contributed by atoms with Gasteiger partial charge in [0, 0.05) is 40.9 Å². The lowest BCUT2D eigenvalue weighted by Gasteiger charge is -2.19. The summed E-state index contributed by atoms with van der Waals surface area (Å²) in [6.07, 6.45) is 1.69. The first-order valence-electron chi connectivity index (χ1n) is 8.31. The quantitative estimate of drug-likeness (QED) is 0.617. The maximum atomic E-state index is 12.6. The summed E-state index contributed by atoms with van der Waals surface area (Å²) < 4.78 is 0.969. The summed E-state index contributed by atoms with van der Waals surface area (Å²) in [5.41, 5.74) is 7.75. The van der Waals surface area contributed by atoms with Crippen molar-refractivity contribution in [1.82, 2.24) is 15.8 Å². The number of hydrazine groups is 1. The van der Waals surface area contributed by atoms with Crippen LogP contribution in [0.5, 0.6) is 0 Å². The average Bonchev–Trinajstić information content (AvgIpc) is 2.93. The minimum atomic E-state index is -0.179. The summed E-state index contributed by atoms with van der Waals surface area (Å²) >= 11 is 3.39. The number of benzene rings is 1. The van der Waals surface area contributed by atoms with Crippen molar-refractivity contribution >= 4 is 33.3 Å². The lowest BCUT2D eigenvalue weighted by molar-refractivity contribution is 0.102. The number of pyridine rings is 1. The van der Waals surface area contributed by atoms with Gasteiger partial charge in [-0.3, -0.25) is 15.6 Å². The Morgan fingerprint density at radius 2 is 1.84 bits per heavy atom. The predicted octanol–water partition coefficient (Wildman–Crippen LogP) is 3.01. The Morgan fingerprint density at radius 1 is 1.16 bits per heavy atom. The molecule has 1 aliphatic rings. The van der Waals surface area contributed by atoms with Crippen molar-refractivity contribution in [2.24, 2.45) is 5.92 Å². The van der Waals surface area contributed by atoms with E-state index >= 15 is 0 Å². The van der Waals surface area contributed by atoms with E-state index in [0.717, 1.165) is 16.7 Å². The fraction of sp³-hybridized carbons (Fsp3) is 0.333. The van der Waals surface area contributed by atoms with Crippen LogP contribution in [0.4, 0.5) is 11.5 Å². The van der Waals surface area contributed by atoms with E-state index in [-0.39, 0.29) is 5.91 Å². The second-order valence-electron chi connectivity index (χ2n) is 6.27. The van der Waals surface area contributed by atoms with Crippen LogP contribution in [0.2, 0.25) is 0 Å². The maximum absolute atomic E-state index is 12.6. The number of aromatic nitrogens is 1. The van der Waals surface area contributed by atoms with Crippen LogP contribution in [-0.4, -0.2) is 29.5 Å². The second-order valence-corrected chi connectivity index (χ2v) is 7.19. The van der Waals surface area contributed by atoms with Gasteiger partial charge in [0.25, 0.3) is 5.91 Å². The average molecular weight is 404 g/mol. The third-order valence-electron chi connectivity index (χ3n) is 4.48. The van der Waals surface area contributed by atoms with Crippen LogP contribution in [0, 0.1) is 5.92 Å². The van der Waals surface area contributed by atoms with Gasteiger partial charge in [0.1, 0.15) is 5.82 Å². The fourth-order valence-corrected chi connectivity index (χ4v) is 3.20. The van der Waals surface area contributed by atoms with Crippen molar-refractivity contribution in [3.8, 4) is 0 Å². The molecule has 0 radical (unpaired) electrons. The molecule has 2 aromatic rings. The van der Waals surface area contributed by atoms with Gasteiger partial charge >= 0.3 is 0 Å². The van der Waals surface area contributed by atoms with Crippen LogP contribution in [0.25, 0.3) is 0 Å². The van der Waals surface area contributed by atoms with E-state index in [0.29, 0.717) is 29.4 Å². The third kappa shape index (κ3) is 4.36. The monoisotopic (exact) mass is 403 g/mol. The van der Waals surface area contributed by atoms with Gasteiger partial charge in [0.15, 0.2) is 0 Å². The van der Waals surface area contributed by atoms with Crippen molar-refractivity contribution in [3.05, 3.63) is 52.6 Å². The highest BCUT2D eigenvalue weighted by Gasteiger charge is 2.29. The Morgan fingerprint density at radius 3 is 2.52 bits per heavy atom. The zero-order valence-electron chi connectivity index (χ0n) is 14.2. The molecule has 0 aliphatic carbocycles. The summed E-state index contributed by atoms with van der Waals surface area (Å²) in [7, 11) is 0. The smallest absolute Gasteiger partial charge is 0.259 e. The zero-order chi connectivity index (χ0) is 17.8. The standard InChI is InChI=1S/C18H22BrN5O/c1-11-16(12(2)24-23-11)10-21-17-15(4-3-9-20-17)18(25)22-14-7-5-13(19)6-8-14/h3-9,11-12,16,23-24H,10H2,1-2H3,(H,20,21)(H,22,25). The molecule has 1 aromatic heterocycles. The summed E-state index contributed by atoms with van der Waals surface area (Å²) in [5.74, 6) is 0.828. The Hall–Kier alpha value is -1.96. The first kappa shape index (κ1) is 17.8. The first-order chi connectivity index (χ1) is 12.0. The van der Waals surface area contributed by atoms with Crippen molar-refractivity contribution in [2.45, 2.75) is 25.9 Å². The lowest BCUT2D eigenvalue weighted by atomic mass is 9.97. The van der Waals surface area contributed by atoms with Gasteiger partial charge in [-0.05, 0) is 50.2 Å². The largest absolute Gasteiger partial charge is 0.369 e. The molecule has 2 atom stereocenters. The number of nitrogens with zero attached hydrogens (tertiary/aromatic N) is 1. The molecule has 1 amide bonds. The Balaban J connectivity index is 1.69. The van der Waals surface area contributed by atoms with Gasteiger partial charge in [-0.2, -0.15) is 0 Å². The SMILES string of the molecule is CC1NNC(C)C1CNc1ncccc1C(=O)Nc1ccc(Br)cc1. The number of hydrogen-bond donors (Lipinski definition) is 4. The molecule has 2 heterocycles. The fourth-order valence-electron chi connectivity index (χ4n) is 2.94. The van der Waals surface area contributed by atoms with E-state index in [9.17, 15) is 4.79 Å². The van der Waals surface area contributed by atoms with E-state index < -0.39 is 0 Å². The van der Waals surface area contributed by atoms with Gasteiger partial charge in [-0.15, -0.1) is 0 Å². The van der Waals surface area contributed by atoms with Gasteiger partial charge in [0.05, 0.1) is 5.56 Å². The number of carbonyl (C=O) groups is 1.